The van der Waals surface area contributed by atoms with Gasteiger partial charge in [0.25, 0.3) is 5.92 Å². The van der Waals surface area contributed by atoms with Gasteiger partial charge in [0.15, 0.2) is 0 Å². The minimum absolute atomic E-state index is 0.306. The zero-order valence-electron chi connectivity index (χ0n) is 8.73. The number of hydrogen-bond acceptors (Lipinski definition) is 3. The van der Waals surface area contributed by atoms with Gasteiger partial charge in [-0.25, -0.2) is 8.78 Å². The molecule has 0 aliphatic rings. The molecule has 0 aromatic heterocycles. The van der Waals surface area contributed by atoms with Gasteiger partial charge < -0.3 is 16.2 Å². The van der Waals surface area contributed by atoms with Crippen molar-refractivity contribution in [2.75, 3.05) is 24.2 Å². The molecule has 0 bridgehead atoms. The van der Waals surface area contributed by atoms with Crippen LogP contribution < -0.4 is 11.1 Å². The molecular formula is C10H13ClF2N2O. The van der Waals surface area contributed by atoms with Crippen LogP contribution in [-0.2, 0) is 0 Å². The van der Waals surface area contributed by atoms with Crippen molar-refractivity contribution >= 4 is 23.0 Å². The van der Waals surface area contributed by atoms with Gasteiger partial charge >= 0.3 is 0 Å². The summed E-state index contributed by atoms with van der Waals surface area (Å²) in [5.41, 5.74) is 7.15. The third-order valence-electron chi connectivity index (χ3n) is 2.11. The van der Waals surface area contributed by atoms with Crippen LogP contribution in [0, 0.1) is 6.92 Å². The number of halogens is 3. The summed E-state index contributed by atoms with van der Waals surface area (Å²) in [6.07, 6.45) is 0. The Bertz CT molecular complexity index is 385. The summed E-state index contributed by atoms with van der Waals surface area (Å²) in [5, 5.41) is 11.2. The lowest BCUT2D eigenvalue weighted by Crippen LogP contribution is -2.31. The minimum atomic E-state index is -3.15. The second-order valence-corrected chi connectivity index (χ2v) is 3.96. The predicted molar refractivity (Wildman–Crippen MR) is 61.1 cm³/mol. The number of aliphatic hydroxyl groups is 1. The highest BCUT2D eigenvalue weighted by Gasteiger charge is 2.27. The number of alkyl halides is 2. The molecule has 0 amide bonds. The van der Waals surface area contributed by atoms with Crippen molar-refractivity contribution in [2.24, 2.45) is 0 Å². The number of nitrogen functional groups attached to an aromatic ring is 1. The fraction of sp³-hybridized carbons (Fsp3) is 0.400. The Balaban J connectivity index is 2.79. The molecule has 1 aromatic rings. The largest absolute Gasteiger partial charge is 0.398 e. The molecule has 0 radical (unpaired) electrons. The normalized spacial score (nSPS) is 11.6. The summed E-state index contributed by atoms with van der Waals surface area (Å²) in [6, 6.07) is 3.08. The third kappa shape index (κ3) is 3.21. The minimum Gasteiger partial charge on any atom is -0.398 e. The molecule has 90 valence electrons. The van der Waals surface area contributed by atoms with E-state index >= 15 is 0 Å². The zero-order valence-corrected chi connectivity index (χ0v) is 9.48. The molecule has 0 aliphatic heterocycles. The molecule has 6 heteroatoms. The predicted octanol–water partition coefficient (Wildman–Crippen LogP) is 2.27. The molecule has 16 heavy (non-hydrogen) atoms. The fourth-order valence-corrected chi connectivity index (χ4v) is 1.34. The van der Waals surface area contributed by atoms with Gasteiger partial charge in [0.05, 0.1) is 17.3 Å². The second-order valence-electron chi connectivity index (χ2n) is 3.56. The molecule has 4 N–H and O–H groups in total. The lowest BCUT2D eigenvalue weighted by atomic mass is 10.1. The van der Waals surface area contributed by atoms with E-state index in [1.807, 2.05) is 0 Å². The highest BCUT2D eigenvalue weighted by atomic mass is 35.5. The van der Waals surface area contributed by atoms with Gasteiger partial charge in [0, 0.05) is 5.69 Å². The number of aryl methyl sites for hydroxylation is 1. The van der Waals surface area contributed by atoms with Crippen molar-refractivity contribution < 1.29 is 13.9 Å². The first-order chi connectivity index (χ1) is 7.35. The van der Waals surface area contributed by atoms with Crippen molar-refractivity contribution in [3.63, 3.8) is 0 Å². The van der Waals surface area contributed by atoms with Crippen molar-refractivity contribution in [1.82, 2.24) is 0 Å². The third-order valence-corrected chi connectivity index (χ3v) is 2.44. The van der Waals surface area contributed by atoms with Crippen LogP contribution in [0.5, 0.6) is 0 Å². The Morgan fingerprint density at radius 2 is 2.12 bits per heavy atom. The molecule has 0 saturated heterocycles. The molecule has 3 nitrogen and oxygen atoms in total. The topological polar surface area (TPSA) is 58.3 Å². The number of nitrogens with two attached hydrogens (primary N) is 1. The summed E-state index contributed by atoms with van der Waals surface area (Å²) in [7, 11) is 0. The first-order valence-corrected chi connectivity index (χ1v) is 5.02. The van der Waals surface area contributed by atoms with E-state index in [-0.39, 0.29) is 0 Å². The van der Waals surface area contributed by atoms with Gasteiger partial charge in [-0.15, -0.1) is 0 Å². The average Bonchev–Trinajstić information content (AvgIpc) is 2.22. The summed E-state index contributed by atoms with van der Waals surface area (Å²) in [5.74, 6) is -3.15. The van der Waals surface area contributed by atoms with Gasteiger partial charge in [0.2, 0.25) is 0 Å². The van der Waals surface area contributed by atoms with Crippen LogP contribution in [0.1, 0.15) is 5.56 Å². The summed E-state index contributed by atoms with van der Waals surface area (Å²) in [6.45, 7) is -0.113. The summed E-state index contributed by atoms with van der Waals surface area (Å²) in [4.78, 5) is 0. The quantitative estimate of drug-likeness (QED) is 0.719. The fourth-order valence-electron chi connectivity index (χ4n) is 1.17. The van der Waals surface area contributed by atoms with Gasteiger partial charge in [-0.2, -0.15) is 0 Å². The molecule has 0 saturated carbocycles. The lowest BCUT2D eigenvalue weighted by molar-refractivity contribution is -0.0372. The average molecular weight is 251 g/mol. The van der Waals surface area contributed by atoms with Gasteiger partial charge in [-0.05, 0) is 24.6 Å². The Morgan fingerprint density at radius 3 is 2.69 bits per heavy atom. The Morgan fingerprint density at radius 1 is 1.50 bits per heavy atom. The maximum absolute atomic E-state index is 12.8. The molecule has 1 aromatic carbocycles. The Labute approximate surface area is 97.2 Å². The van der Waals surface area contributed by atoms with Gasteiger partial charge in [0.1, 0.15) is 6.61 Å². The number of nitrogens with one attached hydrogen (secondary N) is 1. The van der Waals surface area contributed by atoms with Crippen LogP contribution in [0.15, 0.2) is 12.1 Å². The van der Waals surface area contributed by atoms with Crippen LogP contribution in [0.25, 0.3) is 0 Å². The number of anilines is 2. The molecular weight excluding hydrogens is 238 g/mol. The zero-order chi connectivity index (χ0) is 12.3. The van der Waals surface area contributed by atoms with Crippen molar-refractivity contribution in [3.8, 4) is 0 Å². The molecule has 0 aliphatic carbocycles. The second kappa shape index (κ2) is 4.84. The first kappa shape index (κ1) is 13.0. The maximum atomic E-state index is 12.8. The monoisotopic (exact) mass is 250 g/mol. The van der Waals surface area contributed by atoms with E-state index in [0.717, 1.165) is 5.56 Å². The molecule has 0 atom stereocenters. The van der Waals surface area contributed by atoms with E-state index in [1.165, 1.54) is 6.07 Å². The smallest absolute Gasteiger partial charge is 0.287 e. The number of aliphatic hydroxyl groups excluding tert-OH is 1. The first-order valence-electron chi connectivity index (χ1n) is 4.64. The SMILES string of the molecule is Cc1cc(N)c(Cl)cc1NCC(F)(F)CO. The molecule has 0 unspecified atom stereocenters. The molecule has 1 rings (SSSR count). The number of hydrogen-bond donors (Lipinski definition) is 3. The van der Waals surface area contributed by atoms with Crippen LogP contribution in [0.4, 0.5) is 20.2 Å². The van der Waals surface area contributed by atoms with Crippen LogP contribution >= 0.6 is 11.6 Å². The highest BCUT2D eigenvalue weighted by molar-refractivity contribution is 6.33. The van der Waals surface area contributed by atoms with Crippen molar-refractivity contribution in [1.29, 1.82) is 0 Å². The Kier molecular flexibility index (Phi) is 3.93. The standard InChI is InChI=1S/C10H13ClF2N2O/c1-6-2-8(14)7(11)3-9(6)15-4-10(12,13)5-16/h2-3,15-16H,4-5,14H2,1H3. The van der Waals surface area contributed by atoms with E-state index in [0.29, 0.717) is 16.4 Å². The van der Waals surface area contributed by atoms with Crippen LogP contribution in [0.3, 0.4) is 0 Å². The Hall–Kier alpha value is -1.07. The van der Waals surface area contributed by atoms with Crippen molar-refractivity contribution in [3.05, 3.63) is 22.7 Å². The molecule has 0 heterocycles. The van der Waals surface area contributed by atoms with Gasteiger partial charge in [-0.1, -0.05) is 11.6 Å². The van der Waals surface area contributed by atoms with Crippen LogP contribution in [-0.4, -0.2) is 24.2 Å². The number of rotatable bonds is 4. The van der Waals surface area contributed by atoms with E-state index in [4.69, 9.17) is 22.4 Å². The van der Waals surface area contributed by atoms with E-state index in [1.54, 1.807) is 13.0 Å². The highest BCUT2D eigenvalue weighted by Crippen LogP contribution is 2.27. The molecule has 0 fully saturated rings. The van der Waals surface area contributed by atoms with Gasteiger partial charge in [-0.3, -0.25) is 0 Å². The number of benzene rings is 1. The summed E-state index contributed by atoms with van der Waals surface area (Å²) < 4.78 is 25.6. The van der Waals surface area contributed by atoms with E-state index < -0.39 is 19.1 Å². The maximum Gasteiger partial charge on any atom is 0.287 e. The lowest BCUT2D eigenvalue weighted by Gasteiger charge is -2.16. The van der Waals surface area contributed by atoms with E-state index in [2.05, 4.69) is 5.32 Å². The van der Waals surface area contributed by atoms with Crippen LogP contribution in [0.2, 0.25) is 5.02 Å². The van der Waals surface area contributed by atoms with Crippen molar-refractivity contribution in [2.45, 2.75) is 12.8 Å². The molecule has 0 spiro atoms. The van der Waals surface area contributed by atoms with E-state index in [9.17, 15) is 8.78 Å². The summed E-state index contributed by atoms with van der Waals surface area (Å²) >= 11 is 5.77.